The van der Waals surface area contributed by atoms with Crippen LogP contribution in [0.2, 0.25) is 0 Å². The molecule has 0 fully saturated rings. The minimum atomic E-state index is 0.790. The molecule has 0 bridgehead atoms. The minimum Gasteiger partial charge on any atom is -0.289 e. The molecule has 1 aromatic carbocycles. The molecule has 0 saturated carbocycles. The van der Waals surface area contributed by atoms with Crippen molar-refractivity contribution in [2.24, 2.45) is 4.99 Å². The smallest absolute Gasteiger partial charge is 0.0931 e. The first-order chi connectivity index (χ1) is 12.4. The molecule has 0 unspecified atom stereocenters. The number of aromatic nitrogens is 4. The van der Waals surface area contributed by atoms with Crippen LogP contribution in [-0.4, -0.2) is 32.5 Å². The summed E-state index contributed by atoms with van der Waals surface area (Å²) in [4.78, 5) is 13.4. The van der Waals surface area contributed by atoms with E-state index in [1.54, 1.807) is 0 Å². The Morgan fingerprint density at radius 3 is 2.80 bits per heavy atom. The molecule has 0 aliphatic carbocycles. The largest absolute Gasteiger partial charge is 0.289 e. The summed E-state index contributed by atoms with van der Waals surface area (Å²) in [6.07, 6.45) is 5.58. The zero-order valence-electron chi connectivity index (χ0n) is 13.5. The Morgan fingerprint density at radius 1 is 0.880 bits per heavy atom. The molecule has 4 aromatic rings. The van der Waals surface area contributed by atoms with E-state index in [0.717, 1.165) is 52.2 Å². The summed E-state index contributed by atoms with van der Waals surface area (Å²) in [5, 5.41) is 5.80. The minimum absolute atomic E-state index is 0.790. The number of hydrogen-bond acceptors (Lipinski definition) is 4. The molecule has 0 N–H and O–H groups in total. The van der Waals surface area contributed by atoms with Crippen LogP contribution in [0.25, 0.3) is 33.4 Å². The van der Waals surface area contributed by atoms with Crippen molar-refractivity contribution in [1.29, 1.82) is 0 Å². The Bertz CT molecular complexity index is 1110. The van der Waals surface area contributed by atoms with E-state index < -0.39 is 0 Å². The summed E-state index contributed by atoms with van der Waals surface area (Å²) in [6, 6.07) is 16.4. The number of nitrogens with zero attached hydrogens (tertiary/aromatic N) is 5. The van der Waals surface area contributed by atoms with Crippen LogP contribution in [0.1, 0.15) is 5.69 Å². The Labute approximate surface area is 144 Å². The van der Waals surface area contributed by atoms with Crippen molar-refractivity contribution in [3.63, 3.8) is 0 Å². The van der Waals surface area contributed by atoms with Gasteiger partial charge in [0.1, 0.15) is 0 Å². The predicted octanol–water partition coefficient (Wildman–Crippen LogP) is 3.59. The van der Waals surface area contributed by atoms with Crippen LogP contribution >= 0.6 is 0 Å². The normalized spacial score (nSPS) is 13.1. The van der Waals surface area contributed by atoms with Gasteiger partial charge in [0.15, 0.2) is 0 Å². The second kappa shape index (κ2) is 5.63. The van der Waals surface area contributed by atoms with Crippen LogP contribution in [0.5, 0.6) is 0 Å². The second-order valence-corrected chi connectivity index (χ2v) is 6.06. The van der Waals surface area contributed by atoms with Gasteiger partial charge in [0, 0.05) is 35.1 Å². The van der Waals surface area contributed by atoms with Gasteiger partial charge in [-0.25, -0.2) is 0 Å². The number of pyridine rings is 2. The van der Waals surface area contributed by atoms with Gasteiger partial charge >= 0.3 is 0 Å². The van der Waals surface area contributed by atoms with E-state index >= 15 is 0 Å². The second-order valence-electron chi connectivity index (χ2n) is 6.06. The first-order valence-electron chi connectivity index (χ1n) is 8.26. The van der Waals surface area contributed by atoms with Crippen molar-refractivity contribution < 1.29 is 0 Å². The van der Waals surface area contributed by atoms with Gasteiger partial charge in [0.2, 0.25) is 0 Å². The maximum Gasteiger partial charge on any atom is 0.0931 e. The Kier molecular flexibility index (Phi) is 3.16. The van der Waals surface area contributed by atoms with E-state index in [9.17, 15) is 0 Å². The van der Waals surface area contributed by atoms with Gasteiger partial charge < -0.3 is 0 Å². The first kappa shape index (κ1) is 14.0. The Morgan fingerprint density at radius 2 is 1.84 bits per heavy atom. The van der Waals surface area contributed by atoms with Crippen LogP contribution < -0.4 is 0 Å². The van der Waals surface area contributed by atoms with Gasteiger partial charge in [0.25, 0.3) is 0 Å². The van der Waals surface area contributed by atoms with Gasteiger partial charge in [-0.3, -0.25) is 19.6 Å². The number of para-hydroxylation sites is 1. The molecule has 5 rings (SSSR count). The lowest BCUT2D eigenvalue weighted by atomic mass is 10.1. The molecule has 0 saturated heterocycles. The Balaban J connectivity index is 1.58. The molecule has 5 heteroatoms. The summed E-state index contributed by atoms with van der Waals surface area (Å²) in [7, 11) is 0. The zero-order valence-corrected chi connectivity index (χ0v) is 13.5. The average molecular weight is 325 g/mol. The molecule has 3 aromatic heterocycles. The van der Waals surface area contributed by atoms with Crippen molar-refractivity contribution in [3.8, 4) is 22.5 Å². The Hall–Kier alpha value is -3.34. The van der Waals surface area contributed by atoms with Gasteiger partial charge in [-0.15, -0.1) is 0 Å². The zero-order chi connectivity index (χ0) is 16.6. The van der Waals surface area contributed by atoms with Crippen LogP contribution in [0.3, 0.4) is 0 Å². The van der Waals surface area contributed by atoms with Gasteiger partial charge in [-0.1, -0.05) is 18.2 Å². The van der Waals surface area contributed by atoms with Gasteiger partial charge in [-0.2, -0.15) is 5.10 Å². The molecule has 120 valence electrons. The van der Waals surface area contributed by atoms with E-state index in [2.05, 4.69) is 44.3 Å². The van der Waals surface area contributed by atoms with Crippen LogP contribution in [0, 0.1) is 0 Å². The molecule has 0 radical (unpaired) electrons. The number of rotatable bonds is 2. The van der Waals surface area contributed by atoms with E-state index in [-0.39, 0.29) is 0 Å². The third kappa shape index (κ3) is 2.50. The lowest BCUT2D eigenvalue weighted by Gasteiger charge is -2.06. The third-order valence-electron chi connectivity index (χ3n) is 4.42. The third-order valence-corrected chi connectivity index (χ3v) is 4.42. The molecule has 25 heavy (non-hydrogen) atoms. The van der Waals surface area contributed by atoms with Crippen molar-refractivity contribution in [2.45, 2.75) is 6.54 Å². The van der Waals surface area contributed by atoms with E-state index in [1.807, 2.05) is 47.6 Å². The molecule has 1 aliphatic heterocycles. The van der Waals surface area contributed by atoms with Crippen molar-refractivity contribution in [2.75, 3.05) is 6.54 Å². The van der Waals surface area contributed by atoms with Crippen molar-refractivity contribution >= 4 is 17.1 Å². The quantitative estimate of drug-likeness (QED) is 0.566. The number of benzene rings is 1. The lowest BCUT2D eigenvalue weighted by Crippen LogP contribution is -2.11. The molecule has 0 spiro atoms. The maximum atomic E-state index is 4.69. The van der Waals surface area contributed by atoms with Crippen molar-refractivity contribution in [3.05, 3.63) is 66.6 Å². The molecule has 0 atom stereocenters. The predicted molar refractivity (Wildman–Crippen MR) is 98.7 cm³/mol. The van der Waals surface area contributed by atoms with E-state index in [1.165, 1.54) is 0 Å². The van der Waals surface area contributed by atoms with Crippen LogP contribution in [0.15, 0.2) is 65.9 Å². The molecular weight excluding hydrogens is 310 g/mol. The molecule has 1 aliphatic rings. The van der Waals surface area contributed by atoms with E-state index in [4.69, 9.17) is 0 Å². The fourth-order valence-corrected chi connectivity index (χ4v) is 3.12. The SMILES string of the molecule is C1=NCCn2nc(-c3ccnc(-c4cnc5ccccc5c4)c3)cc21. The molecule has 0 amide bonds. The van der Waals surface area contributed by atoms with Gasteiger partial charge in [-0.05, 0) is 30.3 Å². The number of aliphatic imine (C=N–C) groups is 1. The first-order valence-corrected chi connectivity index (χ1v) is 8.26. The lowest BCUT2D eigenvalue weighted by molar-refractivity contribution is 0.612. The summed E-state index contributed by atoms with van der Waals surface area (Å²) >= 11 is 0. The fourth-order valence-electron chi connectivity index (χ4n) is 3.12. The number of fused-ring (bicyclic) bond motifs is 2. The standard InChI is InChI=1S/C20H15N5/c1-2-4-18-14(3-1)9-16(12-23-18)19-10-15(5-6-22-19)20-11-17-13-21-7-8-25(17)24-20/h1-6,9-13H,7-8H2. The maximum absolute atomic E-state index is 4.69. The average Bonchev–Trinajstić information content (AvgIpc) is 3.12. The topological polar surface area (TPSA) is 56.0 Å². The van der Waals surface area contributed by atoms with Crippen LogP contribution in [-0.2, 0) is 6.54 Å². The highest BCUT2D eigenvalue weighted by atomic mass is 15.3. The molecule has 4 heterocycles. The highest BCUT2D eigenvalue weighted by molar-refractivity contribution is 5.84. The van der Waals surface area contributed by atoms with Crippen molar-refractivity contribution in [1.82, 2.24) is 19.7 Å². The number of hydrogen-bond donors (Lipinski definition) is 0. The highest BCUT2D eigenvalue weighted by Crippen LogP contribution is 2.26. The van der Waals surface area contributed by atoms with Gasteiger partial charge in [0.05, 0.1) is 35.7 Å². The summed E-state index contributed by atoms with van der Waals surface area (Å²) < 4.78 is 2.00. The van der Waals surface area contributed by atoms with Crippen LogP contribution in [0.4, 0.5) is 0 Å². The summed E-state index contributed by atoms with van der Waals surface area (Å²) in [5.41, 5.74) is 5.94. The monoisotopic (exact) mass is 325 g/mol. The summed E-state index contributed by atoms with van der Waals surface area (Å²) in [5.74, 6) is 0. The fraction of sp³-hybridized carbons (Fsp3) is 0.100. The van der Waals surface area contributed by atoms with E-state index in [0.29, 0.717) is 0 Å². The highest BCUT2D eigenvalue weighted by Gasteiger charge is 2.12. The summed E-state index contributed by atoms with van der Waals surface area (Å²) in [6.45, 7) is 1.62. The molecule has 5 nitrogen and oxygen atoms in total. The molecular formula is C20H15N5.